The zero-order chi connectivity index (χ0) is 19.5. The fourth-order valence-electron chi connectivity index (χ4n) is 3.21. The van der Waals surface area contributed by atoms with Gasteiger partial charge in [0.2, 0.25) is 0 Å². The van der Waals surface area contributed by atoms with Gasteiger partial charge in [-0.2, -0.15) is 13.2 Å². The molecule has 0 bridgehead atoms. The molecule has 0 spiro atoms. The van der Waals surface area contributed by atoms with Gasteiger partial charge >= 0.3 is 6.18 Å². The van der Waals surface area contributed by atoms with Gasteiger partial charge in [-0.3, -0.25) is 0 Å². The number of hydrogen-bond acceptors (Lipinski definition) is 5. The van der Waals surface area contributed by atoms with Crippen LogP contribution in [0.25, 0.3) is 0 Å². The molecule has 1 saturated carbocycles. The van der Waals surface area contributed by atoms with Crippen LogP contribution in [0, 0.1) is 5.92 Å². The van der Waals surface area contributed by atoms with E-state index in [-0.39, 0.29) is 42.8 Å². The number of nitrogens with zero attached hydrogens (tertiary/aromatic N) is 2. The second kappa shape index (κ2) is 8.24. The summed E-state index contributed by atoms with van der Waals surface area (Å²) in [6.45, 7) is -0.248. The maximum absolute atomic E-state index is 12.7. The number of nitrogens with one attached hydrogen (secondary N) is 1. The van der Waals surface area contributed by atoms with Crippen LogP contribution >= 0.6 is 0 Å². The Morgan fingerprint density at radius 1 is 1.23 bits per heavy atom. The molecule has 1 heterocycles. The molecule has 26 heavy (non-hydrogen) atoms. The topological polar surface area (TPSA) is 80.2 Å². The van der Waals surface area contributed by atoms with Crippen molar-refractivity contribution < 1.29 is 22.0 Å². The highest BCUT2D eigenvalue weighted by Crippen LogP contribution is 2.37. The minimum Gasteiger partial charge on any atom is -0.396 e. The smallest absolute Gasteiger partial charge is 0.391 e. The minimum atomic E-state index is -4.15. The van der Waals surface area contributed by atoms with Gasteiger partial charge in [-0.15, -0.1) is 0 Å². The molecule has 1 aromatic rings. The molecule has 10 heteroatoms. The van der Waals surface area contributed by atoms with Crippen LogP contribution in [0.1, 0.15) is 31.2 Å². The molecule has 5 N–H and O–H groups in total. The van der Waals surface area contributed by atoms with Crippen LogP contribution in [-0.4, -0.2) is 37.2 Å². The highest BCUT2D eigenvalue weighted by Gasteiger charge is 2.41. The average Bonchev–Trinajstić information content (AvgIpc) is 2.54. The second-order valence-electron chi connectivity index (χ2n) is 6.69. The van der Waals surface area contributed by atoms with Gasteiger partial charge in [-0.05, 0) is 31.7 Å². The summed E-state index contributed by atoms with van der Waals surface area (Å²) in [6.07, 6.45) is -5.71. The van der Waals surface area contributed by atoms with Gasteiger partial charge in [0, 0.05) is 25.2 Å². The molecule has 1 aliphatic carbocycles. The predicted octanol–water partition coefficient (Wildman–Crippen LogP) is 3.16. The van der Waals surface area contributed by atoms with Crippen molar-refractivity contribution in [1.82, 2.24) is 10.3 Å². The number of alkyl halides is 5. The normalized spacial score (nSPS) is 21.2. The first-order valence-electron chi connectivity index (χ1n) is 8.42. The molecule has 1 aliphatic rings. The molecule has 148 valence electrons. The van der Waals surface area contributed by atoms with Gasteiger partial charge in [0.1, 0.15) is 11.6 Å². The highest BCUT2D eigenvalue weighted by atomic mass is 19.4. The van der Waals surface area contributed by atoms with E-state index in [1.807, 2.05) is 0 Å². The number of halogens is 5. The van der Waals surface area contributed by atoms with Crippen molar-refractivity contribution >= 4 is 17.3 Å². The summed E-state index contributed by atoms with van der Waals surface area (Å²) in [5.41, 5.74) is 12.2. The summed E-state index contributed by atoms with van der Waals surface area (Å²) in [6, 6.07) is 1.49. The fourth-order valence-corrected chi connectivity index (χ4v) is 3.21. The van der Waals surface area contributed by atoms with E-state index in [0.29, 0.717) is 18.4 Å². The molecular formula is C16H24F5N5. The molecule has 1 fully saturated rings. The van der Waals surface area contributed by atoms with Crippen molar-refractivity contribution in [3.05, 3.63) is 11.6 Å². The largest absolute Gasteiger partial charge is 0.396 e. The molecule has 0 amide bonds. The third kappa shape index (κ3) is 5.33. The molecule has 5 nitrogen and oxygen atoms in total. The molecular weight excluding hydrogens is 357 g/mol. The summed E-state index contributed by atoms with van der Waals surface area (Å²) in [5.74, 6) is -0.911. The minimum absolute atomic E-state index is 0.0514. The Balaban J connectivity index is 2.02. The Kier molecular flexibility index (Phi) is 6.48. The third-order valence-electron chi connectivity index (χ3n) is 4.68. The van der Waals surface area contributed by atoms with Crippen molar-refractivity contribution in [2.24, 2.45) is 5.92 Å². The lowest BCUT2D eigenvalue weighted by molar-refractivity contribution is -0.182. The quantitative estimate of drug-likeness (QED) is 0.660. The SMILES string of the molecule is CN(CC(F)F)c1nc(N)c(N)cc1CNC1CCC(C(F)(F)F)CC1. The molecule has 0 unspecified atom stereocenters. The van der Waals surface area contributed by atoms with Crippen LogP contribution < -0.4 is 21.7 Å². The van der Waals surface area contributed by atoms with Gasteiger partial charge in [0.05, 0.1) is 18.2 Å². The first-order valence-corrected chi connectivity index (χ1v) is 8.42. The van der Waals surface area contributed by atoms with Gasteiger partial charge < -0.3 is 21.7 Å². The summed E-state index contributed by atoms with van der Waals surface area (Å²) in [4.78, 5) is 5.38. The van der Waals surface area contributed by atoms with Crippen molar-refractivity contribution in [1.29, 1.82) is 0 Å². The maximum Gasteiger partial charge on any atom is 0.391 e. The van der Waals surface area contributed by atoms with Crippen molar-refractivity contribution in [3.8, 4) is 0 Å². The Labute approximate surface area is 148 Å². The molecule has 0 saturated heterocycles. The van der Waals surface area contributed by atoms with Gasteiger partial charge in [0.25, 0.3) is 6.43 Å². The molecule has 0 aromatic carbocycles. The Hall–Kier alpha value is -1.84. The van der Waals surface area contributed by atoms with Crippen LogP contribution in [0.2, 0.25) is 0 Å². The van der Waals surface area contributed by atoms with Crippen LogP contribution in [0.5, 0.6) is 0 Å². The van der Waals surface area contributed by atoms with Crippen LogP contribution in [-0.2, 0) is 6.54 Å². The molecule has 1 aromatic heterocycles. The number of pyridine rings is 1. The van der Waals surface area contributed by atoms with Crippen molar-refractivity contribution in [3.63, 3.8) is 0 Å². The number of anilines is 3. The van der Waals surface area contributed by atoms with Gasteiger partial charge in [0.15, 0.2) is 0 Å². The lowest BCUT2D eigenvalue weighted by atomic mass is 9.85. The van der Waals surface area contributed by atoms with Gasteiger partial charge in [-0.1, -0.05) is 0 Å². The number of hydrogen-bond donors (Lipinski definition) is 3. The molecule has 0 atom stereocenters. The van der Waals surface area contributed by atoms with Crippen LogP contribution in [0.15, 0.2) is 6.07 Å². The van der Waals surface area contributed by atoms with E-state index in [9.17, 15) is 22.0 Å². The van der Waals surface area contributed by atoms with E-state index < -0.39 is 25.1 Å². The Bertz CT molecular complexity index is 599. The lowest BCUT2D eigenvalue weighted by Crippen LogP contribution is -2.37. The number of nitrogens with two attached hydrogens (primary N) is 2. The Morgan fingerprint density at radius 2 is 1.85 bits per heavy atom. The standard InChI is InChI=1S/C16H24F5N5/c1-26(8-13(17)18)15-9(6-12(22)14(23)25-15)7-24-11-4-2-10(3-5-11)16(19,20)21/h6,10-11,13,24H,2-5,7-8,22H2,1H3,(H2,23,25). The zero-order valence-electron chi connectivity index (χ0n) is 14.5. The zero-order valence-corrected chi connectivity index (χ0v) is 14.5. The molecule has 0 radical (unpaired) electrons. The maximum atomic E-state index is 12.7. The monoisotopic (exact) mass is 381 g/mol. The molecule has 2 rings (SSSR count). The van der Waals surface area contributed by atoms with E-state index in [4.69, 9.17) is 11.5 Å². The van der Waals surface area contributed by atoms with E-state index in [0.717, 1.165) is 0 Å². The van der Waals surface area contributed by atoms with E-state index in [1.165, 1.54) is 11.9 Å². The summed E-state index contributed by atoms with van der Waals surface area (Å²) in [7, 11) is 1.47. The third-order valence-corrected chi connectivity index (χ3v) is 4.68. The van der Waals surface area contributed by atoms with Gasteiger partial charge in [-0.25, -0.2) is 13.8 Å². The number of aromatic nitrogens is 1. The van der Waals surface area contributed by atoms with Crippen LogP contribution in [0.4, 0.5) is 39.3 Å². The first kappa shape index (κ1) is 20.5. The summed E-state index contributed by atoms with van der Waals surface area (Å²) in [5, 5.41) is 3.19. The lowest BCUT2D eigenvalue weighted by Gasteiger charge is -2.31. The predicted molar refractivity (Wildman–Crippen MR) is 91.0 cm³/mol. The Morgan fingerprint density at radius 3 is 2.38 bits per heavy atom. The van der Waals surface area contributed by atoms with E-state index in [2.05, 4.69) is 10.3 Å². The molecule has 0 aliphatic heterocycles. The summed E-state index contributed by atoms with van der Waals surface area (Å²) < 4.78 is 63.5. The van der Waals surface area contributed by atoms with E-state index >= 15 is 0 Å². The van der Waals surface area contributed by atoms with Crippen molar-refractivity contribution in [2.75, 3.05) is 30.0 Å². The number of nitrogen functional groups attached to an aromatic ring is 2. The highest BCUT2D eigenvalue weighted by molar-refractivity contribution is 5.65. The average molecular weight is 381 g/mol. The number of rotatable bonds is 6. The van der Waals surface area contributed by atoms with Crippen LogP contribution in [0.3, 0.4) is 0 Å². The fraction of sp³-hybridized carbons (Fsp3) is 0.688. The summed E-state index contributed by atoms with van der Waals surface area (Å²) >= 11 is 0. The first-order chi connectivity index (χ1) is 12.1. The second-order valence-corrected chi connectivity index (χ2v) is 6.69. The van der Waals surface area contributed by atoms with E-state index in [1.54, 1.807) is 6.07 Å². The van der Waals surface area contributed by atoms with Crippen molar-refractivity contribution in [2.45, 2.75) is 50.9 Å².